The van der Waals surface area contributed by atoms with Crippen LogP contribution >= 0.6 is 23.1 Å². The second-order valence-electron chi connectivity index (χ2n) is 5.16. The van der Waals surface area contributed by atoms with Crippen LogP contribution in [0.5, 0.6) is 0 Å². The van der Waals surface area contributed by atoms with E-state index in [9.17, 15) is 0 Å². The number of hydrogen-bond acceptors (Lipinski definition) is 7. The van der Waals surface area contributed by atoms with Crippen LogP contribution in [-0.2, 0) is 0 Å². The van der Waals surface area contributed by atoms with Gasteiger partial charge in [0.15, 0.2) is 10.9 Å². The van der Waals surface area contributed by atoms with Crippen molar-refractivity contribution in [3.63, 3.8) is 0 Å². The summed E-state index contributed by atoms with van der Waals surface area (Å²) in [7, 11) is 0. The van der Waals surface area contributed by atoms with E-state index >= 15 is 0 Å². The van der Waals surface area contributed by atoms with Crippen LogP contribution in [0.15, 0.2) is 24.4 Å². The van der Waals surface area contributed by atoms with Gasteiger partial charge in [-0.25, -0.2) is 4.98 Å². The third-order valence-corrected chi connectivity index (χ3v) is 5.38. The van der Waals surface area contributed by atoms with E-state index in [1.807, 2.05) is 6.20 Å². The Kier molecular flexibility index (Phi) is 3.23. The molecule has 1 aromatic carbocycles. The highest BCUT2D eigenvalue weighted by molar-refractivity contribution is 7.22. The van der Waals surface area contributed by atoms with Gasteiger partial charge in [0.25, 0.3) is 0 Å². The van der Waals surface area contributed by atoms with Gasteiger partial charge in [0.1, 0.15) is 0 Å². The molecule has 0 unspecified atom stereocenters. The Balaban J connectivity index is 1.53. The van der Waals surface area contributed by atoms with Crippen LogP contribution in [0.25, 0.3) is 10.2 Å². The maximum Gasteiger partial charge on any atom is 0.186 e. The van der Waals surface area contributed by atoms with E-state index in [2.05, 4.69) is 43.7 Å². The SMILES string of the molecule is Cc1cccc2sc(N3CCN(c4cnsn4)CC3)nc12. The Hall–Kier alpha value is -1.73. The van der Waals surface area contributed by atoms with Gasteiger partial charge in [-0.1, -0.05) is 23.5 Å². The number of thiazole rings is 1. The van der Waals surface area contributed by atoms with E-state index < -0.39 is 0 Å². The smallest absolute Gasteiger partial charge is 0.186 e. The maximum absolute atomic E-state index is 4.82. The normalized spacial score (nSPS) is 15.9. The van der Waals surface area contributed by atoms with E-state index in [0.717, 1.165) is 42.6 Å². The molecule has 7 heteroatoms. The zero-order chi connectivity index (χ0) is 14.2. The van der Waals surface area contributed by atoms with Gasteiger partial charge in [-0.3, -0.25) is 0 Å². The lowest BCUT2D eigenvalue weighted by atomic mass is 10.2. The molecule has 3 aromatic rings. The van der Waals surface area contributed by atoms with Crippen LogP contribution in [0.4, 0.5) is 10.9 Å². The minimum Gasteiger partial charge on any atom is -0.351 e. The molecule has 0 spiro atoms. The van der Waals surface area contributed by atoms with E-state index in [0.29, 0.717) is 0 Å². The van der Waals surface area contributed by atoms with E-state index in [1.54, 1.807) is 11.3 Å². The molecule has 1 aliphatic rings. The molecular formula is C14H15N5S2. The summed E-state index contributed by atoms with van der Waals surface area (Å²) in [5, 5.41) is 1.13. The summed E-state index contributed by atoms with van der Waals surface area (Å²) < 4.78 is 9.66. The number of rotatable bonds is 2. The summed E-state index contributed by atoms with van der Waals surface area (Å²) in [5.74, 6) is 1.000. The molecule has 0 saturated carbocycles. The van der Waals surface area contributed by atoms with E-state index in [1.165, 1.54) is 22.0 Å². The van der Waals surface area contributed by atoms with Crippen LogP contribution in [0, 0.1) is 6.92 Å². The summed E-state index contributed by atoms with van der Waals surface area (Å²) in [6, 6.07) is 6.38. The Bertz CT molecular complexity index is 744. The number of hydrogen-bond donors (Lipinski definition) is 0. The largest absolute Gasteiger partial charge is 0.351 e. The molecule has 21 heavy (non-hydrogen) atoms. The number of para-hydroxylation sites is 1. The fourth-order valence-electron chi connectivity index (χ4n) is 2.64. The van der Waals surface area contributed by atoms with Gasteiger partial charge in [-0.05, 0) is 18.6 Å². The monoisotopic (exact) mass is 317 g/mol. The second kappa shape index (κ2) is 5.23. The predicted molar refractivity (Wildman–Crippen MR) is 88.7 cm³/mol. The van der Waals surface area contributed by atoms with Crippen molar-refractivity contribution in [2.45, 2.75) is 6.92 Å². The van der Waals surface area contributed by atoms with Crippen molar-refractivity contribution < 1.29 is 0 Å². The molecule has 3 heterocycles. The molecule has 108 valence electrons. The van der Waals surface area contributed by atoms with Gasteiger partial charge in [0.2, 0.25) is 0 Å². The summed E-state index contributed by atoms with van der Waals surface area (Å²) >= 11 is 3.06. The summed E-state index contributed by atoms with van der Waals surface area (Å²) in [4.78, 5) is 9.49. The fraction of sp³-hybridized carbons (Fsp3) is 0.357. The zero-order valence-corrected chi connectivity index (χ0v) is 13.3. The van der Waals surface area contributed by atoms with Gasteiger partial charge < -0.3 is 9.80 Å². The predicted octanol–water partition coefficient (Wildman–Crippen LogP) is 2.78. The zero-order valence-electron chi connectivity index (χ0n) is 11.7. The molecule has 0 amide bonds. The molecule has 0 radical (unpaired) electrons. The second-order valence-corrected chi connectivity index (χ2v) is 6.72. The van der Waals surface area contributed by atoms with Crippen LogP contribution in [0.1, 0.15) is 5.56 Å². The Morgan fingerprint density at radius 2 is 1.90 bits per heavy atom. The minimum atomic E-state index is 0.973. The number of anilines is 2. The lowest BCUT2D eigenvalue weighted by Gasteiger charge is -2.34. The molecule has 0 aliphatic carbocycles. The average molecular weight is 317 g/mol. The van der Waals surface area contributed by atoms with E-state index in [4.69, 9.17) is 4.98 Å². The van der Waals surface area contributed by atoms with Gasteiger partial charge >= 0.3 is 0 Å². The molecular weight excluding hydrogens is 302 g/mol. The minimum absolute atomic E-state index is 0.973. The highest BCUT2D eigenvalue weighted by Crippen LogP contribution is 2.31. The van der Waals surface area contributed by atoms with Crippen molar-refractivity contribution in [2.75, 3.05) is 36.0 Å². The van der Waals surface area contributed by atoms with Gasteiger partial charge in [-0.15, -0.1) is 0 Å². The van der Waals surface area contributed by atoms with Crippen LogP contribution in [0.3, 0.4) is 0 Å². The van der Waals surface area contributed by atoms with Crippen LogP contribution in [-0.4, -0.2) is 39.9 Å². The maximum atomic E-state index is 4.82. The fourth-order valence-corrected chi connectivity index (χ4v) is 4.17. The number of benzene rings is 1. The first-order valence-corrected chi connectivity index (χ1v) is 8.49. The molecule has 2 aromatic heterocycles. The quantitative estimate of drug-likeness (QED) is 0.727. The highest BCUT2D eigenvalue weighted by Gasteiger charge is 2.21. The Morgan fingerprint density at radius 3 is 2.62 bits per heavy atom. The summed E-state index contributed by atoms with van der Waals surface area (Å²) in [6.45, 7) is 6.03. The highest BCUT2D eigenvalue weighted by atomic mass is 32.1. The molecule has 0 N–H and O–H groups in total. The number of fused-ring (bicyclic) bond motifs is 1. The molecule has 1 saturated heterocycles. The molecule has 4 rings (SSSR count). The average Bonchev–Trinajstić information content (AvgIpc) is 3.18. The number of aryl methyl sites for hydroxylation is 1. The van der Waals surface area contributed by atoms with Crippen molar-refractivity contribution in [3.05, 3.63) is 30.0 Å². The van der Waals surface area contributed by atoms with Crippen LogP contribution in [0.2, 0.25) is 0 Å². The van der Waals surface area contributed by atoms with Crippen molar-refractivity contribution in [3.8, 4) is 0 Å². The first-order valence-electron chi connectivity index (χ1n) is 6.95. The van der Waals surface area contributed by atoms with Crippen molar-refractivity contribution in [2.24, 2.45) is 0 Å². The Morgan fingerprint density at radius 1 is 1.10 bits per heavy atom. The third-order valence-electron chi connectivity index (χ3n) is 3.83. The van der Waals surface area contributed by atoms with Crippen molar-refractivity contribution in [1.29, 1.82) is 0 Å². The first-order chi connectivity index (χ1) is 10.3. The van der Waals surface area contributed by atoms with Gasteiger partial charge in [-0.2, -0.15) is 8.75 Å². The first kappa shape index (κ1) is 13.0. The van der Waals surface area contributed by atoms with Crippen molar-refractivity contribution in [1.82, 2.24) is 13.7 Å². The number of piperazine rings is 1. The summed E-state index contributed by atoms with van der Waals surface area (Å²) in [6.07, 6.45) is 1.85. The van der Waals surface area contributed by atoms with E-state index in [-0.39, 0.29) is 0 Å². The number of aromatic nitrogens is 3. The third kappa shape index (κ3) is 2.36. The molecule has 0 bridgehead atoms. The van der Waals surface area contributed by atoms with Crippen molar-refractivity contribution >= 4 is 44.2 Å². The molecule has 0 atom stereocenters. The number of nitrogens with zero attached hydrogens (tertiary/aromatic N) is 5. The summed E-state index contributed by atoms with van der Waals surface area (Å²) in [5.41, 5.74) is 2.39. The van der Waals surface area contributed by atoms with Gasteiger partial charge in [0, 0.05) is 26.2 Å². The Labute approximate surface area is 131 Å². The van der Waals surface area contributed by atoms with Gasteiger partial charge in [0.05, 0.1) is 28.1 Å². The topological polar surface area (TPSA) is 45.2 Å². The standard InChI is InChI=1S/C14H15N5S2/c1-10-3-2-4-11-13(10)16-14(20-11)19-7-5-18(6-8-19)12-9-15-21-17-12/h2-4,9H,5-8H2,1H3. The lowest BCUT2D eigenvalue weighted by molar-refractivity contribution is 0.648. The lowest BCUT2D eigenvalue weighted by Crippen LogP contribution is -2.46. The molecule has 1 aliphatic heterocycles. The molecule has 1 fully saturated rings. The molecule has 5 nitrogen and oxygen atoms in total. The van der Waals surface area contributed by atoms with Crippen LogP contribution < -0.4 is 9.80 Å².